The molecule has 0 bridgehead atoms. The molecule has 0 fully saturated rings. The summed E-state index contributed by atoms with van der Waals surface area (Å²) in [6, 6.07) is 19.6. The Bertz CT molecular complexity index is 1230. The number of anilines is 1. The highest BCUT2D eigenvalue weighted by molar-refractivity contribution is 6.31. The van der Waals surface area contributed by atoms with Crippen LogP contribution in [0.15, 0.2) is 75.9 Å². The van der Waals surface area contributed by atoms with Crippen LogP contribution in [0.1, 0.15) is 5.56 Å². The number of nitrogens with two attached hydrogens (primary N) is 1. The molecule has 4 rings (SSSR count). The molecule has 6 heteroatoms. The monoisotopic (exact) mass is 407 g/mol. The number of ether oxygens (including phenoxy) is 2. The van der Waals surface area contributed by atoms with Crippen LogP contribution in [-0.4, -0.2) is 7.11 Å². The van der Waals surface area contributed by atoms with Gasteiger partial charge >= 0.3 is 0 Å². The largest absolute Gasteiger partial charge is 0.497 e. The van der Waals surface area contributed by atoms with Crippen LogP contribution in [0.3, 0.4) is 0 Å². The van der Waals surface area contributed by atoms with Crippen LogP contribution in [0, 0.1) is 0 Å². The molecule has 0 spiro atoms. The molecule has 0 unspecified atom stereocenters. The molecule has 0 amide bonds. The lowest BCUT2D eigenvalue weighted by molar-refractivity contribution is 0.306. The van der Waals surface area contributed by atoms with Gasteiger partial charge in [0.25, 0.3) is 0 Å². The smallest absolute Gasteiger partial charge is 0.202 e. The van der Waals surface area contributed by atoms with Gasteiger partial charge in [0.05, 0.1) is 18.1 Å². The van der Waals surface area contributed by atoms with Gasteiger partial charge in [-0.25, -0.2) is 0 Å². The highest BCUT2D eigenvalue weighted by atomic mass is 35.5. The lowest BCUT2D eigenvalue weighted by Crippen LogP contribution is -2.09. The van der Waals surface area contributed by atoms with Gasteiger partial charge in [-0.3, -0.25) is 4.79 Å². The Balaban J connectivity index is 1.68. The first kappa shape index (κ1) is 18.9. The van der Waals surface area contributed by atoms with Crippen LogP contribution >= 0.6 is 11.6 Å². The predicted octanol–water partition coefficient (Wildman–Crippen LogP) is 5.28. The zero-order valence-electron chi connectivity index (χ0n) is 15.6. The minimum absolute atomic E-state index is 0.0518. The molecular formula is C23H18ClNO4. The fourth-order valence-corrected chi connectivity index (χ4v) is 3.28. The van der Waals surface area contributed by atoms with Crippen LogP contribution in [0.5, 0.6) is 11.5 Å². The molecule has 0 atom stereocenters. The Hall–Kier alpha value is -3.44. The Morgan fingerprint density at radius 1 is 1.00 bits per heavy atom. The van der Waals surface area contributed by atoms with Gasteiger partial charge < -0.3 is 19.6 Å². The maximum atomic E-state index is 13.0. The molecule has 29 heavy (non-hydrogen) atoms. The van der Waals surface area contributed by atoms with E-state index in [1.807, 2.05) is 18.2 Å². The summed E-state index contributed by atoms with van der Waals surface area (Å²) < 4.78 is 16.7. The van der Waals surface area contributed by atoms with Crippen LogP contribution in [-0.2, 0) is 6.61 Å². The summed E-state index contributed by atoms with van der Waals surface area (Å²) >= 11 is 6.16. The van der Waals surface area contributed by atoms with Crippen molar-refractivity contribution >= 4 is 28.5 Å². The second-order valence-electron chi connectivity index (χ2n) is 6.44. The van der Waals surface area contributed by atoms with Crippen LogP contribution in [0.25, 0.3) is 22.1 Å². The lowest BCUT2D eigenvalue weighted by atomic mass is 10.0. The number of nitrogen functional groups attached to an aromatic ring is 1. The maximum absolute atomic E-state index is 13.0. The molecule has 0 saturated carbocycles. The predicted molar refractivity (Wildman–Crippen MR) is 115 cm³/mol. The number of fused-ring (bicyclic) bond motifs is 1. The topological polar surface area (TPSA) is 74.7 Å². The first-order valence-electron chi connectivity index (χ1n) is 8.94. The van der Waals surface area contributed by atoms with Crippen molar-refractivity contribution in [3.63, 3.8) is 0 Å². The SMILES string of the molecule is COc1ccc(-c2c(N)oc3cc(OCc4ccccc4Cl)ccc3c2=O)cc1. The van der Waals surface area contributed by atoms with Crippen LogP contribution in [0.4, 0.5) is 5.88 Å². The Morgan fingerprint density at radius 3 is 2.45 bits per heavy atom. The van der Waals surface area contributed by atoms with E-state index in [0.29, 0.717) is 45.2 Å². The third-order valence-corrected chi connectivity index (χ3v) is 4.99. The third-order valence-electron chi connectivity index (χ3n) is 4.62. The van der Waals surface area contributed by atoms with Crippen molar-refractivity contribution in [2.75, 3.05) is 12.8 Å². The summed E-state index contributed by atoms with van der Waals surface area (Å²) in [6.45, 7) is 0.300. The van der Waals surface area contributed by atoms with E-state index in [1.165, 1.54) is 0 Å². The van der Waals surface area contributed by atoms with Crippen molar-refractivity contribution in [2.45, 2.75) is 6.61 Å². The van der Waals surface area contributed by atoms with Gasteiger partial charge in [0.1, 0.15) is 23.7 Å². The van der Waals surface area contributed by atoms with Crippen molar-refractivity contribution in [3.05, 3.63) is 87.5 Å². The first-order chi connectivity index (χ1) is 14.1. The lowest BCUT2D eigenvalue weighted by Gasteiger charge is -2.10. The van der Waals surface area contributed by atoms with Gasteiger partial charge in [-0.2, -0.15) is 0 Å². The molecule has 1 aromatic heterocycles. The second-order valence-corrected chi connectivity index (χ2v) is 6.84. The van der Waals surface area contributed by atoms with E-state index >= 15 is 0 Å². The number of hydrogen-bond acceptors (Lipinski definition) is 5. The van der Waals surface area contributed by atoms with Crippen LogP contribution in [0.2, 0.25) is 5.02 Å². The van der Waals surface area contributed by atoms with Crippen molar-refractivity contribution in [1.29, 1.82) is 0 Å². The van der Waals surface area contributed by atoms with E-state index < -0.39 is 0 Å². The number of methoxy groups -OCH3 is 1. The van der Waals surface area contributed by atoms with Gasteiger partial charge in [0, 0.05) is 16.7 Å². The van der Waals surface area contributed by atoms with E-state index in [-0.39, 0.29) is 11.3 Å². The summed E-state index contributed by atoms with van der Waals surface area (Å²) in [5.74, 6) is 1.30. The van der Waals surface area contributed by atoms with E-state index in [1.54, 1.807) is 55.6 Å². The van der Waals surface area contributed by atoms with Gasteiger partial charge in [-0.05, 0) is 35.9 Å². The molecular weight excluding hydrogens is 390 g/mol. The van der Waals surface area contributed by atoms with E-state index in [2.05, 4.69) is 0 Å². The summed E-state index contributed by atoms with van der Waals surface area (Å²) in [5.41, 5.74) is 8.08. The average Bonchev–Trinajstić information content (AvgIpc) is 2.73. The molecule has 0 saturated heterocycles. The van der Waals surface area contributed by atoms with Crippen LogP contribution < -0.4 is 20.6 Å². The van der Waals surface area contributed by atoms with Crippen molar-refractivity contribution in [1.82, 2.24) is 0 Å². The summed E-state index contributed by atoms with van der Waals surface area (Å²) in [7, 11) is 1.58. The summed E-state index contributed by atoms with van der Waals surface area (Å²) in [4.78, 5) is 13.0. The molecule has 3 aromatic carbocycles. The van der Waals surface area contributed by atoms with Crippen molar-refractivity contribution in [3.8, 4) is 22.6 Å². The summed E-state index contributed by atoms with van der Waals surface area (Å²) in [5, 5.41) is 1.06. The van der Waals surface area contributed by atoms with Crippen molar-refractivity contribution in [2.24, 2.45) is 0 Å². The van der Waals surface area contributed by atoms with Gasteiger partial charge in [-0.15, -0.1) is 0 Å². The molecule has 0 aliphatic rings. The minimum Gasteiger partial charge on any atom is -0.497 e. The van der Waals surface area contributed by atoms with Gasteiger partial charge in [0.15, 0.2) is 0 Å². The third kappa shape index (κ3) is 3.77. The molecule has 5 nitrogen and oxygen atoms in total. The Morgan fingerprint density at radius 2 is 1.72 bits per heavy atom. The Kier molecular flexibility index (Phi) is 5.14. The molecule has 0 aliphatic carbocycles. The fourth-order valence-electron chi connectivity index (χ4n) is 3.09. The van der Waals surface area contributed by atoms with E-state index in [9.17, 15) is 4.79 Å². The fraction of sp³-hybridized carbons (Fsp3) is 0.0870. The second kappa shape index (κ2) is 7.89. The average molecular weight is 408 g/mol. The van der Waals surface area contributed by atoms with E-state index in [4.69, 9.17) is 31.2 Å². The zero-order chi connectivity index (χ0) is 20.4. The number of rotatable bonds is 5. The molecule has 146 valence electrons. The quantitative estimate of drug-likeness (QED) is 0.487. The molecule has 0 radical (unpaired) electrons. The molecule has 2 N–H and O–H groups in total. The zero-order valence-corrected chi connectivity index (χ0v) is 16.4. The molecule has 4 aromatic rings. The number of benzene rings is 3. The first-order valence-corrected chi connectivity index (χ1v) is 9.31. The standard InChI is InChI=1S/C23H18ClNO4/c1-27-16-8-6-14(7-9-16)21-22(26)18-11-10-17(12-20(18)29-23(21)25)28-13-15-4-2-3-5-19(15)24/h2-12H,13,25H2,1H3. The number of halogens is 1. The van der Waals surface area contributed by atoms with E-state index in [0.717, 1.165) is 5.56 Å². The molecule has 0 aliphatic heterocycles. The summed E-state index contributed by atoms with van der Waals surface area (Å²) in [6.07, 6.45) is 0. The highest BCUT2D eigenvalue weighted by Crippen LogP contribution is 2.29. The Labute approximate surface area is 172 Å². The normalized spacial score (nSPS) is 10.8. The highest BCUT2D eigenvalue weighted by Gasteiger charge is 2.15. The van der Waals surface area contributed by atoms with Gasteiger partial charge in [-0.1, -0.05) is 41.9 Å². The minimum atomic E-state index is -0.202. The molecule has 1 heterocycles. The van der Waals surface area contributed by atoms with Gasteiger partial charge in [0.2, 0.25) is 11.3 Å². The maximum Gasteiger partial charge on any atom is 0.202 e. The van der Waals surface area contributed by atoms with Crippen molar-refractivity contribution < 1.29 is 13.9 Å². The number of hydrogen-bond donors (Lipinski definition) is 1.